The molecule has 21 heavy (non-hydrogen) atoms. The summed E-state index contributed by atoms with van der Waals surface area (Å²) >= 11 is 5.53. The zero-order chi connectivity index (χ0) is 15.5. The van der Waals surface area contributed by atoms with Crippen molar-refractivity contribution >= 4 is 11.6 Å². The van der Waals surface area contributed by atoms with Gasteiger partial charge in [0.25, 0.3) is 0 Å². The first-order valence-corrected chi connectivity index (χ1v) is 6.38. The smallest absolute Gasteiger partial charge is 0.417 e. The van der Waals surface area contributed by atoms with E-state index in [1.54, 1.807) is 12.1 Å². The van der Waals surface area contributed by atoms with Crippen LogP contribution in [-0.4, -0.2) is 16.7 Å². The van der Waals surface area contributed by atoms with Crippen molar-refractivity contribution < 1.29 is 23.0 Å². The molecular formula is C14H11ClF3NO2. The van der Waals surface area contributed by atoms with Crippen LogP contribution >= 0.6 is 11.6 Å². The number of aromatic nitrogens is 1. The highest BCUT2D eigenvalue weighted by atomic mass is 35.5. The van der Waals surface area contributed by atoms with Gasteiger partial charge in [0.1, 0.15) is 11.5 Å². The van der Waals surface area contributed by atoms with E-state index >= 15 is 0 Å². The molecule has 1 heterocycles. The summed E-state index contributed by atoms with van der Waals surface area (Å²) in [6.45, 7) is -0.0284. The van der Waals surface area contributed by atoms with E-state index in [2.05, 4.69) is 4.98 Å². The second-order valence-corrected chi connectivity index (χ2v) is 4.61. The quantitative estimate of drug-likeness (QED) is 0.924. The standard InChI is InChI=1S/C14H11ClF3NO2/c15-13-4-3-10(7-12(13)14(16,17)18)21-11-2-1-9(5-6-20)19-8-11/h1-4,7-8,20H,5-6H2. The number of benzene rings is 1. The van der Waals surface area contributed by atoms with Gasteiger partial charge in [0.05, 0.1) is 16.8 Å². The Morgan fingerprint density at radius 1 is 1.14 bits per heavy atom. The van der Waals surface area contributed by atoms with Crippen molar-refractivity contribution in [1.82, 2.24) is 4.98 Å². The molecule has 0 spiro atoms. The number of hydrogen-bond donors (Lipinski definition) is 1. The second-order valence-electron chi connectivity index (χ2n) is 4.20. The Morgan fingerprint density at radius 3 is 2.43 bits per heavy atom. The second kappa shape index (κ2) is 6.32. The first-order valence-electron chi connectivity index (χ1n) is 6.00. The Morgan fingerprint density at radius 2 is 1.86 bits per heavy atom. The van der Waals surface area contributed by atoms with Crippen LogP contribution in [0.3, 0.4) is 0 Å². The predicted octanol–water partition coefficient (Wildman–Crippen LogP) is 4.08. The molecule has 1 N–H and O–H groups in total. The minimum Gasteiger partial charge on any atom is -0.456 e. The Hall–Kier alpha value is -1.79. The van der Waals surface area contributed by atoms with Gasteiger partial charge in [0.2, 0.25) is 0 Å². The number of ether oxygens (including phenoxy) is 1. The lowest BCUT2D eigenvalue weighted by Gasteiger charge is -2.11. The topological polar surface area (TPSA) is 42.4 Å². The van der Waals surface area contributed by atoms with Crippen LogP contribution in [0.5, 0.6) is 11.5 Å². The molecule has 0 amide bonds. The van der Waals surface area contributed by atoms with E-state index in [1.165, 1.54) is 12.3 Å². The molecule has 0 unspecified atom stereocenters. The summed E-state index contributed by atoms with van der Waals surface area (Å²) in [5.74, 6) is 0.315. The zero-order valence-corrected chi connectivity index (χ0v) is 11.4. The van der Waals surface area contributed by atoms with Crippen molar-refractivity contribution in [3.05, 3.63) is 52.8 Å². The fourth-order valence-electron chi connectivity index (χ4n) is 1.65. The van der Waals surface area contributed by atoms with Gasteiger partial charge in [-0.2, -0.15) is 13.2 Å². The molecule has 0 saturated heterocycles. The number of nitrogens with zero attached hydrogens (tertiary/aromatic N) is 1. The lowest BCUT2D eigenvalue weighted by molar-refractivity contribution is -0.137. The Balaban J connectivity index is 2.20. The van der Waals surface area contributed by atoms with E-state index in [-0.39, 0.29) is 17.4 Å². The zero-order valence-electron chi connectivity index (χ0n) is 10.7. The molecule has 7 heteroatoms. The van der Waals surface area contributed by atoms with E-state index in [0.29, 0.717) is 17.9 Å². The Bertz CT molecular complexity index is 615. The monoisotopic (exact) mass is 317 g/mol. The first-order chi connectivity index (χ1) is 9.90. The normalized spacial score (nSPS) is 11.5. The maximum atomic E-state index is 12.7. The van der Waals surface area contributed by atoms with Crippen LogP contribution in [0.4, 0.5) is 13.2 Å². The molecule has 0 aliphatic heterocycles. The van der Waals surface area contributed by atoms with Crippen LogP contribution in [0.2, 0.25) is 5.02 Å². The van der Waals surface area contributed by atoms with E-state index in [4.69, 9.17) is 21.4 Å². The molecule has 0 atom stereocenters. The molecule has 2 rings (SSSR count). The SMILES string of the molecule is OCCc1ccc(Oc2ccc(Cl)c(C(F)(F)F)c2)cn1. The van der Waals surface area contributed by atoms with Crippen molar-refractivity contribution in [2.75, 3.05) is 6.61 Å². The van der Waals surface area contributed by atoms with E-state index in [0.717, 1.165) is 12.1 Å². The summed E-state index contributed by atoms with van der Waals surface area (Å²) in [5, 5.41) is 8.38. The van der Waals surface area contributed by atoms with Gasteiger partial charge in [0, 0.05) is 18.7 Å². The van der Waals surface area contributed by atoms with Gasteiger partial charge in [-0.15, -0.1) is 0 Å². The van der Waals surface area contributed by atoms with Gasteiger partial charge >= 0.3 is 6.18 Å². The average molecular weight is 318 g/mol. The molecule has 3 nitrogen and oxygen atoms in total. The van der Waals surface area contributed by atoms with Crippen LogP contribution in [0.15, 0.2) is 36.5 Å². The van der Waals surface area contributed by atoms with E-state index in [9.17, 15) is 13.2 Å². The summed E-state index contributed by atoms with van der Waals surface area (Å²) < 4.78 is 43.5. The lowest BCUT2D eigenvalue weighted by Crippen LogP contribution is -2.06. The van der Waals surface area contributed by atoms with Crippen molar-refractivity contribution in [1.29, 1.82) is 0 Å². The average Bonchev–Trinajstić information content (AvgIpc) is 2.42. The maximum absolute atomic E-state index is 12.7. The molecule has 2 aromatic rings. The third kappa shape index (κ3) is 4.09. The number of aliphatic hydroxyl groups is 1. The minimum atomic E-state index is -4.54. The summed E-state index contributed by atoms with van der Waals surface area (Å²) in [7, 11) is 0. The highest BCUT2D eigenvalue weighted by molar-refractivity contribution is 6.31. The van der Waals surface area contributed by atoms with Crippen molar-refractivity contribution in [3.8, 4) is 11.5 Å². The molecule has 112 valence electrons. The summed E-state index contributed by atoms with van der Waals surface area (Å²) in [5.41, 5.74) is -0.288. The van der Waals surface area contributed by atoms with Crippen LogP contribution in [0.25, 0.3) is 0 Å². The van der Waals surface area contributed by atoms with Gasteiger partial charge in [-0.25, -0.2) is 0 Å². The molecule has 0 radical (unpaired) electrons. The van der Waals surface area contributed by atoms with Gasteiger partial charge in [0.15, 0.2) is 0 Å². The van der Waals surface area contributed by atoms with Crippen molar-refractivity contribution in [2.24, 2.45) is 0 Å². The summed E-state index contributed by atoms with van der Waals surface area (Å²) in [6, 6.07) is 6.52. The van der Waals surface area contributed by atoms with E-state index < -0.39 is 11.7 Å². The number of halogens is 4. The third-order valence-electron chi connectivity index (χ3n) is 2.64. The number of pyridine rings is 1. The van der Waals surface area contributed by atoms with Crippen molar-refractivity contribution in [2.45, 2.75) is 12.6 Å². The Kier molecular flexibility index (Phi) is 4.69. The Labute approximate surface area is 124 Å². The van der Waals surface area contributed by atoms with Crippen LogP contribution in [-0.2, 0) is 12.6 Å². The molecule has 0 fully saturated rings. The van der Waals surface area contributed by atoms with Crippen LogP contribution in [0, 0.1) is 0 Å². The number of aliphatic hydroxyl groups excluding tert-OH is 1. The fourth-order valence-corrected chi connectivity index (χ4v) is 1.88. The largest absolute Gasteiger partial charge is 0.456 e. The predicted molar refractivity (Wildman–Crippen MR) is 71.6 cm³/mol. The number of rotatable bonds is 4. The molecule has 0 bridgehead atoms. The number of hydrogen-bond acceptors (Lipinski definition) is 3. The van der Waals surface area contributed by atoms with Gasteiger partial charge in [-0.1, -0.05) is 11.6 Å². The highest BCUT2D eigenvalue weighted by Crippen LogP contribution is 2.37. The van der Waals surface area contributed by atoms with Gasteiger partial charge < -0.3 is 9.84 Å². The van der Waals surface area contributed by atoms with Crippen LogP contribution in [0.1, 0.15) is 11.3 Å². The molecule has 0 aliphatic rings. The molecule has 0 saturated carbocycles. The number of alkyl halides is 3. The third-order valence-corrected chi connectivity index (χ3v) is 2.97. The lowest BCUT2D eigenvalue weighted by atomic mass is 10.2. The van der Waals surface area contributed by atoms with Gasteiger partial charge in [-0.05, 0) is 30.3 Å². The molecular weight excluding hydrogens is 307 g/mol. The van der Waals surface area contributed by atoms with Crippen LogP contribution < -0.4 is 4.74 Å². The molecule has 1 aromatic carbocycles. The summed E-state index contributed by atoms with van der Waals surface area (Å²) in [6.07, 6.45) is -2.76. The highest BCUT2D eigenvalue weighted by Gasteiger charge is 2.33. The molecule has 1 aromatic heterocycles. The molecule has 0 aliphatic carbocycles. The maximum Gasteiger partial charge on any atom is 0.417 e. The minimum absolute atomic E-state index is 0.0171. The first kappa shape index (κ1) is 15.6. The fraction of sp³-hybridized carbons (Fsp3) is 0.214. The van der Waals surface area contributed by atoms with Crippen molar-refractivity contribution in [3.63, 3.8) is 0 Å². The summed E-state index contributed by atoms with van der Waals surface area (Å²) in [4.78, 5) is 4.02. The van der Waals surface area contributed by atoms with Gasteiger partial charge in [-0.3, -0.25) is 4.98 Å². The van der Waals surface area contributed by atoms with E-state index in [1.807, 2.05) is 0 Å².